The van der Waals surface area contributed by atoms with Gasteiger partial charge in [0.05, 0.1) is 0 Å². The van der Waals surface area contributed by atoms with Gasteiger partial charge in [-0.05, 0) is 4.32 Å². The standard InChI is InChI=1S/C3H2F6N2S2/c4-2(5,6)10-11(1(12)13)3(7,8)9/h10H,(H,12,13)/p-1. The van der Waals surface area contributed by atoms with Crippen molar-refractivity contribution in [2.45, 2.75) is 12.6 Å². The molecule has 10 heteroatoms. The van der Waals surface area contributed by atoms with Crippen LogP contribution in [0.3, 0.4) is 0 Å². The van der Waals surface area contributed by atoms with Crippen LogP contribution in [0.4, 0.5) is 26.3 Å². The number of nitrogens with one attached hydrogen (secondary N) is 1. The zero-order chi connectivity index (χ0) is 10.9. The Morgan fingerprint density at radius 1 is 1.15 bits per heavy atom. The third-order valence-corrected chi connectivity index (χ3v) is 1.04. The van der Waals surface area contributed by atoms with Gasteiger partial charge in [-0.3, -0.25) is 0 Å². The Bertz CT molecular complexity index is 197. The minimum absolute atomic E-state index is 0.159. The summed E-state index contributed by atoms with van der Waals surface area (Å²) in [7, 11) is 0. The van der Waals surface area contributed by atoms with E-state index in [1.165, 1.54) is 0 Å². The van der Waals surface area contributed by atoms with Crippen LogP contribution in [0.5, 0.6) is 0 Å². The summed E-state index contributed by atoms with van der Waals surface area (Å²) in [6.07, 6.45) is -10.5. The summed E-state index contributed by atoms with van der Waals surface area (Å²) >= 11 is 7.58. The van der Waals surface area contributed by atoms with Crippen molar-refractivity contribution in [1.82, 2.24) is 10.4 Å². The second-order valence-electron chi connectivity index (χ2n) is 1.68. The number of halogens is 6. The summed E-state index contributed by atoms with van der Waals surface area (Å²) in [5, 5.41) is -1.27. The van der Waals surface area contributed by atoms with Gasteiger partial charge in [0.2, 0.25) is 0 Å². The first kappa shape index (κ1) is 12.7. The van der Waals surface area contributed by atoms with Gasteiger partial charge < -0.3 is 24.8 Å². The molecule has 0 amide bonds. The molecule has 0 radical (unpaired) electrons. The Hall–Kier alpha value is -0.350. The first-order valence-corrected chi connectivity index (χ1v) is 3.28. The zero-order valence-corrected chi connectivity index (χ0v) is 7.16. The lowest BCUT2D eigenvalue weighted by molar-refractivity contribution is -0.284. The van der Waals surface area contributed by atoms with E-state index >= 15 is 0 Å². The van der Waals surface area contributed by atoms with Crippen molar-refractivity contribution in [3.8, 4) is 0 Å². The maximum atomic E-state index is 11.7. The maximum Gasteiger partial charge on any atom is 0.497 e. The number of nitrogens with zero attached hydrogens (tertiary/aromatic N) is 1. The molecule has 13 heavy (non-hydrogen) atoms. The first-order chi connectivity index (χ1) is 5.54. The minimum atomic E-state index is -5.30. The van der Waals surface area contributed by atoms with Gasteiger partial charge >= 0.3 is 12.6 Å². The fraction of sp³-hybridized carbons (Fsp3) is 0.667. The highest BCUT2D eigenvalue weighted by molar-refractivity contribution is 8.00. The number of hydrazine groups is 1. The molecule has 0 aliphatic carbocycles. The van der Waals surface area contributed by atoms with Crippen LogP contribution < -0.4 is 5.43 Å². The number of alkyl halides is 6. The average Bonchev–Trinajstić information content (AvgIpc) is 1.77. The van der Waals surface area contributed by atoms with Crippen LogP contribution in [0.15, 0.2) is 0 Å². The number of rotatable bonds is 1. The normalized spacial score (nSPS) is 12.8. The van der Waals surface area contributed by atoms with E-state index in [2.05, 4.69) is 24.8 Å². The third-order valence-electron chi connectivity index (χ3n) is 0.675. The Kier molecular flexibility index (Phi) is 3.70. The molecular weight excluding hydrogens is 242 g/mol. The smallest absolute Gasteiger partial charge is 0.410 e. The van der Waals surface area contributed by atoms with Crippen molar-refractivity contribution in [2.75, 3.05) is 0 Å². The largest absolute Gasteiger partial charge is 0.497 e. The minimum Gasteiger partial charge on any atom is -0.410 e. The molecule has 0 saturated heterocycles. The molecule has 0 aliphatic heterocycles. The van der Waals surface area contributed by atoms with Gasteiger partial charge in [0, 0.05) is 0 Å². The topological polar surface area (TPSA) is 15.3 Å². The highest BCUT2D eigenvalue weighted by Gasteiger charge is 2.42. The van der Waals surface area contributed by atoms with Gasteiger partial charge in [-0.25, -0.2) is 5.01 Å². The highest BCUT2D eigenvalue weighted by Crippen LogP contribution is 2.22. The molecule has 1 N–H and O–H groups in total. The van der Waals surface area contributed by atoms with Crippen LogP contribution in [0.25, 0.3) is 0 Å². The van der Waals surface area contributed by atoms with E-state index < -0.39 is 21.9 Å². The molecule has 0 aromatic rings. The molecule has 0 aliphatic rings. The first-order valence-electron chi connectivity index (χ1n) is 2.46. The van der Waals surface area contributed by atoms with Crippen molar-refractivity contribution in [1.29, 1.82) is 0 Å². The second kappa shape index (κ2) is 3.80. The van der Waals surface area contributed by atoms with E-state index in [1.54, 1.807) is 0 Å². The van der Waals surface area contributed by atoms with E-state index in [-0.39, 0.29) is 5.43 Å². The van der Waals surface area contributed by atoms with Gasteiger partial charge in [0.15, 0.2) is 0 Å². The molecule has 0 heterocycles. The molecule has 0 bridgehead atoms. The lowest BCUT2D eigenvalue weighted by Gasteiger charge is -2.30. The molecule has 0 fully saturated rings. The summed E-state index contributed by atoms with van der Waals surface area (Å²) < 4.78 is 68.1. The summed E-state index contributed by atoms with van der Waals surface area (Å²) in [4.78, 5) is 0. The van der Waals surface area contributed by atoms with E-state index in [9.17, 15) is 26.3 Å². The van der Waals surface area contributed by atoms with Crippen LogP contribution in [-0.2, 0) is 12.6 Å². The molecule has 0 atom stereocenters. The quantitative estimate of drug-likeness (QED) is 0.247. The molecule has 0 aromatic heterocycles. The number of thiocarbonyl (C=S) groups is 1. The van der Waals surface area contributed by atoms with Crippen molar-refractivity contribution in [3.63, 3.8) is 0 Å². The van der Waals surface area contributed by atoms with E-state index in [4.69, 9.17) is 0 Å². The predicted molar refractivity (Wildman–Crippen MR) is 37.0 cm³/mol. The van der Waals surface area contributed by atoms with Crippen LogP contribution in [-0.4, -0.2) is 21.9 Å². The van der Waals surface area contributed by atoms with Crippen LogP contribution in [0, 0.1) is 0 Å². The molecule has 0 saturated carbocycles. The molecule has 2 nitrogen and oxygen atoms in total. The van der Waals surface area contributed by atoms with Gasteiger partial charge in [-0.1, -0.05) is 0 Å². The maximum absolute atomic E-state index is 11.7. The Morgan fingerprint density at radius 3 is 1.62 bits per heavy atom. The van der Waals surface area contributed by atoms with Crippen molar-refractivity contribution in [2.24, 2.45) is 0 Å². The van der Waals surface area contributed by atoms with Gasteiger partial charge in [0.25, 0.3) is 0 Å². The lowest BCUT2D eigenvalue weighted by Crippen LogP contribution is -2.55. The summed E-state index contributed by atoms with van der Waals surface area (Å²) in [6, 6.07) is 0. The zero-order valence-electron chi connectivity index (χ0n) is 5.53. The molecule has 0 rings (SSSR count). The van der Waals surface area contributed by atoms with Crippen molar-refractivity contribution in [3.05, 3.63) is 0 Å². The summed E-state index contributed by atoms with van der Waals surface area (Å²) in [6.45, 7) is 0. The van der Waals surface area contributed by atoms with Gasteiger partial charge in [0.1, 0.15) is 0 Å². The number of hydrogen-bond acceptors (Lipinski definition) is 3. The fourth-order valence-electron chi connectivity index (χ4n) is 0.339. The SMILES string of the molecule is FC(F)(F)NN(C(=S)[S-])C(F)(F)F. The van der Waals surface area contributed by atoms with Gasteiger partial charge in [-0.15, -0.1) is 18.6 Å². The predicted octanol–water partition coefficient (Wildman–Crippen LogP) is 1.66. The van der Waals surface area contributed by atoms with E-state index in [0.29, 0.717) is 0 Å². The molecule has 0 unspecified atom stereocenters. The van der Waals surface area contributed by atoms with Crippen LogP contribution in [0.1, 0.15) is 0 Å². The lowest BCUT2D eigenvalue weighted by atomic mass is 10.9. The summed E-state index contributed by atoms with van der Waals surface area (Å²) in [5.74, 6) is 0. The van der Waals surface area contributed by atoms with Gasteiger partial charge in [-0.2, -0.15) is 13.2 Å². The molecule has 0 spiro atoms. The Labute approximate surface area is 79.3 Å². The molecular formula is C3HF6N2S2-. The molecule has 78 valence electrons. The highest BCUT2D eigenvalue weighted by atomic mass is 32.1. The van der Waals surface area contributed by atoms with Crippen LogP contribution in [0.2, 0.25) is 0 Å². The Morgan fingerprint density at radius 2 is 1.54 bits per heavy atom. The van der Waals surface area contributed by atoms with Crippen molar-refractivity contribution >= 4 is 29.2 Å². The van der Waals surface area contributed by atoms with E-state index in [0.717, 1.165) is 0 Å². The third kappa shape index (κ3) is 5.05. The fourth-order valence-corrected chi connectivity index (χ4v) is 0.638. The van der Waals surface area contributed by atoms with Crippen LogP contribution >= 0.6 is 12.2 Å². The second-order valence-corrected chi connectivity index (χ2v) is 2.71. The molecule has 0 aromatic carbocycles. The van der Waals surface area contributed by atoms with E-state index in [1.807, 2.05) is 0 Å². The average molecular weight is 243 g/mol. The van der Waals surface area contributed by atoms with Crippen molar-refractivity contribution < 1.29 is 26.3 Å². The summed E-state index contributed by atoms with van der Waals surface area (Å²) in [5.41, 5.74) is 0.159. The number of hydrogen-bond donors (Lipinski definition) is 1. The monoisotopic (exact) mass is 243 g/mol. The Balaban J connectivity index is 4.56.